The van der Waals surface area contributed by atoms with Crippen LogP contribution in [0.1, 0.15) is 5.69 Å². The van der Waals surface area contributed by atoms with E-state index in [-0.39, 0.29) is 0 Å². The summed E-state index contributed by atoms with van der Waals surface area (Å²) in [6.07, 6.45) is 1.68. The first-order valence-corrected chi connectivity index (χ1v) is 5.53. The molecule has 1 aromatic heterocycles. The molecular weight excluding hydrogens is 230 g/mol. The second-order valence-electron chi connectivity index (χ2n) is 3.62. The highest BCUT2D eigenvalue weighted by molar-refractivity contribution is 5.68. The predicted molar refractivity (Wildman–Crippen MR) is 68.5 cm³/mol. The zero-order valence-electron chi connectivity index (χ0n) is 10.4. The quantitative estimate of drug-likeness (QED) is 0.886. The van der Waals surface area contributed by atoms with Crippen LogP contribution in [0.25, 0.3) is 11.4 Å². The summed E-state index contributed by atoms with van der Waals surface area (Å²) in [4.78, 5) is 8.61. The molecule has 0 spiro atoms. The number of nitrogens with zero attached hydrogens (tertiary/aromatic N) is 2. The van der Waals surface area contributed by atoms with E-state index >= 15 is 0 Å². The van der Waals surface area contributed by atoms with Gasteiger partial charge in [-0.3, -0.25) is 0 Å². The normalized spacial score (nSPS) is 10.2. The van der Waals surface area contributed by atoms with Crippen molar-refractivity contribution >= 4 is 0 Å². The van der Waals surface area contributed by atoms with Crippen molar-refractivity contribution in [3.8, 4) is 22.9 Å². The van der Waals surface area contributed by atoms with Crippen LogP contribution in [-0.4, -0.2) is 24.2 Å². The second-order valence-corrected chi connectivity index (χ2v) is 3.62. The van der Waals surface area contributed by atoms with Crippen LogP contribution in [0.4, 0.5) is 0 Å². The van der Waals surface area contributed by atoms with Gasteiger partial charge in [0.1, 0.15) is 0 Å². The van der Waals surface area contributed by atoms with Crippen LogP contribution in [0, 0.1) is 0 Å². The second kappa shape index (κ2) is 5.46. The van der Waals surface area contributed by atoms with Crippen LogP contribution in [0.3, 0.4) is 0 Å². The maximum absolute atomic E-state index is 5.58. The first kappa shape index (κ1) is 12.3. The summed E-state index contributed by atoms with van der Waals surface area (Å²) >= 11 is 0. The van der Waals surface area contributed by atoms with Crippen LogP contribution < -0.4 is 15.2 Å². The van der Waals surface area contributed by atoms with Gasteiger partial charge in [0.25, 0.3) is 0 Å². The van der Waals surface area contributed by atoms with Crippen LogP contribution >= 0.6 is 0 Å². The Hall–Kier alpha value is -2.14. The molecule has 0 amide bonds. The van der Waals surface area contributed by atoms with E-state index in [9.17, 15) is 0 Å². The van der Waals surface area contributed by atoms with Gasteiger partial charge in [0.2, 0.25) is 0 Å². The number of aromatic nitrogens is 2. The van der Waals surface area contributed by atoms with Gasteiger partial charge in [-0.15, -0.1) is 0 Å². The fourth-order valence-electron chi connectivity index (χ4n) is 1.70. The lowest BCUT2D eigenvalue weighted by atomic mass is 10.1. The lowest BCUT2D eigenvalue weighted by molar-refractivity contribution is 0.356. The van der Waals surface area contributed by atoms with Gasteiger partial charge in [-0.05, 0) is 18.2 Å². The fourth-order valence-corrected chi connectivity index (χ4v) is 1.70. The fraction of sp³-hybridized carbons (Fsp3) is 0.231. The van der Waals surface area contributed by atoms with Crippen molar-refractivity contribution in [3.05, 3.63) is 36.2 Å². The third-order valence-electron chi connectivity index (χ3n) is 2.57. The molecule has 0 saturated heterocycles. The highest BCUT2D eigenvalue weighted by Crippen LogP contribution is 2.35. The molecule has 0 unspecified atom stereocenters. The Balaban J connectivity index is 2.55. The topological polar surface area (TPSA) is 70.3 Å². The van der Waals surface area contributed by atoms with E-state index in [1.807, 2.05) is 18.2 Å². The van der Waals surface area contributed by atoms with Crippen molar-refractivity contribution in [1.29, 1.82) is 0 Å². The molecule has 5 heteroatoms. The number of benzene rings is 1. The number of methoxy groups -OCH3 is 2. The number of ether oxygens (including phenoxy) is 2. The minimum absolute atomic E-state index is 0.377. The maximum atomic E-state index is 5.58. The average Bonchev–Trinajstić information content (AvgIpc) is 2.46. The zero-order chi connectivity index (χ0) is 13.0. The molecule has 0 aliphatic rings. The summed E-state index contributed by atoms with van der Waals surface area (Å²) < 4.78 is 10.6. The molecule has 1 heterocycles. The highest BCUT2D eigenvalue weighted by Gasteiger charge is 2.13. The zero-order valence-corrected chi connectivity index (χ0v) is 10.4. The maximum Gasteiger partial charge on any atom is 0.171 e. The van der Waals surface area contributed by atoms with E-state index in [1.165, 1.54) is 0 Å². The molecule has 0 aliphatic heterocycles. The van der Waals surface area contributed by atoms with E-state index in [1.54, 1.807) is 26.5 Å². The molecule has 18 heavy (non-hydrogen) atoms. The summed E-state index contributed by atoms with van der Waals surface area (Å²) in [5, 5.41) is 0. The summed E-state index contributed by atoms with van der Waals surface area (Å²) in [7, 11) is 3.19. The molecule has 5 nitrogen and oxygen atoms in total. The third-order valence-corrected chi connectivity index (χ3v) is 2.57. The molecule has 0 fully saturated rings. The van der Waals surface area contributed by atoms with Gasteiger partial charge in [-0.25, -0.2) is 9.97 Å². The van der Waals surface area contributed by atoms with Crippen molar-refractivity contribution in [2.45, 2.75) is 6.54 Å². The Bertz CT molecular complexity index is 544. The number of para-hydroxylation sites is 1. The SMILES string of the molecule is COc1cccc(-c2nccc(CN)n2)c1OC. The van der Waals surface area contributed by atoms with Gasteiger partial charge in [-0.2, -0.15) is 0 Å². The van der Waals surface area contributed by atoms with E-state index < -0.39 is 0 Å². The number of hydrogen-bond donors (Lipinski definition) is 1. The summed E-state index contributed by atoms with van der Waals surface area (Å²) in [5.74, 6) is 1.85. The van der Waals surface area contributed by atoms with Crippen molar-refractivity contribution in [1.82, 2.24) is 9.97 Å². The van der Waals surface area contributed by atoms with Gasteiger partial charge >= 0.3 is 0 Å². The van der Waals surface area contributed by atoms with E-state index in [4.69, 9.17) is 15.2 Å². The molecule has 0 saturated carbocycles. The molecule has 1 aromatic carbocycles. The summed E-state index contributed by atoms with van der Waals surface area (Å²) in [5.41, 5.74) is 7.14. The van der Waals surface area contributed by atoms with E-state index in [0.717, 1.165) is 11.3 Å². The van der Waals surface area contributed by atoms with Crippen molar-refractivity contribution in [3.63, 3.8) is 0 Å². The van der Waals surface area contributed by atoms with E-state index in [2.05, 4.69) is 9.97 Å². The lowest BCUT2D eigenvalue weighted by Gasteiger charge is -2.11. The van der Waals surface area contributed by atoms with Gasteiger partial charge in [0, 0.05) is 12.7 Å². The molecule has 0 atom stereocenters. The minimum Gasteiger partial charge on any atom is -0.493 e. The predicted octanol–water partition coefficient (Wildman–Crippen LogP) is 1.62. The molecule has 94 valence electrons. The molecule has 0 radical (unpaired) electrons. The van der Waals surface area contributed by atoms with Crippen LogP contribution in [-0.2, 0) is 6.54 Å². The third kappa shape index (κ3) is 2.26. The first-order chi connectivity index (χ1) is 8.80. The Labute approximate surface area is 106 Å². The van der Waals surface area contributed by atoms with Gasteiger partial charge < -0.3 is 15.2 Å². The van der Waals surface area contributed by atoms with Gasteiger partial charge in [0.15, 0.2) is 17.3 Å². The Kier molecular flexibility index (Phi) is 3.74. The highest BCUT2D eigenvalue weighted by atomic mass is 16.5. The van der Waals surface area contributed by atoms with Crippen LogP contribution in [0.5, 0.6) is 11.5 Å². The number of rotatable bonds is 4. The molecule has 2 N–H and O–H groups in total. The van der Waals surface area contributed by atoms with Crippen molar-refractivity contribution in [2.75, 3.05) is 14.2 Å². The molecule has 2 rings (SSSR count). The van der Waals surface area contributed by atoms with E-state index in [0.29, 0.717) is 23.9 Å². The van der Waals surface area contributed by atoms with Gasteiger partial charge in [-0.1, -0.05) is 6.07 Å². The van der Waals surface area contributed by atoms with Crippen LogP contribution in [0.2, 0.25) is 0 Å². The Morgan fingerprint density at radius 1 is 1.17 bits per heavy atom. The Morgan fingerprint density at radius 2 is 2.00 bits per heavy atom. The van der Waals surface area contributed by atoms with Gasteiger partial charge in [0.05, 0.1) is 25.5 Å². The monoisotopic (exact) mass is 245 g/mol. The smallest absolute Gasteiger partial charge is 0.171 e. The summed E-state index contributed by atoms with van der Waals surface area (Å²) in [6.45, 7) is 0.377. The average molecular weight is 245 g/mol. The molecular formula is C13H15N3O2. The number of hydrogen-bond acceptors (Lipinski definition) is 5. The minimum atomic E-state index is 0.377. The Morgan fingerprint density at radius 3 is 2.67 bits per heavy atom. The molecule has 2 aromatic rings. The van der Waals surface area contributed by atoms with Crippen molar-refractivity contribution < 1.29 is 9.47 Å². The van der Waals surface area contributed by atoms with Crippen molar-refractivity contribution in [2.24, 2.45) is 5.73 Å². The van der Waals surface area contributed by atoms with Crippen LogP contribution in [0.15, 0.2) is 30.5 Å². The molecule has 0 aliphatic carbocycles. The molecule has 0 bridgehead atoms. The number of nitrogens with two attached hydrogens (primary N) is 1. The largest absolute Gasteiger partial charge is 0.493 e. The lowest BCUT2D eigenvalue weighted by Crippen LogP contribution is -2.02. The first-order valence-electron chi connectivity index (χ1n) is 5.53. The summed E-state index contributed by atoms with van der Waals surface area (Å²) in [6, 6.07) is 7.37. The standard InChI is InChI=1S/C13H15N3O2/c1-17-11-5-3-4-10(12(11)18-2)13-15-7-6-9(8-14)16-13/h3-7H,8,14H2,1-2H3.